The van der Waals surface area contributed by atoms with Gasteiger partial charge in [-0.1, -0.05) is 6.07 Å². The Balaban J connectivity index is 0.000000382. The van der Waals surface area contributed by atoms with E-state index < -0.39 is 87.7 Å². The van der Waals surface area contributed by atoms with Crippen molar-refractivity contribution in [2.45, 2.75) is 59.7 Å². The number of aryl methyl sites for hydroxylation is 1. The van der Waals surface area contributed by atoms with E-state index in [-0.39, 0.29) is 62.8 Å². The fourth-order valence-corrected chi connectivity index (χ4v) is 6.35. The summed E-state index contributed by atoms with van der Waals surface area (Å²) in [6.45, 7) is 25.2. The van der Waals surface area contributed by atoms with Crippen LogP contribution >= 0.6 is 12.2 Å². The Morgan fingerprint density at radius 1 is 0.676 bits per heavy atom. The van der Waals surface area contributed by atoms with Crippen molar-refractivity contribution in [3.05, 3.63) is 165 Å². The van der Waals surface area contributed by atoms with Crippen molar-refractivity contribution in [2.75, 3.05) is 54.8 Å². The van der Waals surface area contributed by atoms with E-state index in [4.69, 9.17) is 45.1 Å². The molecule has 0 saturated carbocycles. The molecule has 5 aromatic rings. The number of hydrogen-bond donors (Lipinski definition) is 7. The molecule has 6 rings (SSSR count). The van der Waals surface area contributed by atoms with Gasteiger partial charge in [0.15, 0.2) is 10.8 Å². The number of carbonyl (C=O) groups is 6. The Kier molecular flexibility index (Phi) is 18.8. The first-order valence-corrected chi connectivity index (χ1v) is 21.9. The van der Waals surface area contributed by atoms with Crippen LogP contribution in [0.3, 0.4) is 0 Å². The lowest BCUT2D eigenvalue weighted by Gasteiger charge is -2.29. The number of nitrogens with zero attached hydrogens (tertiary/aromatic N) is 4. The number of anilines is 5. The Morgan fingerprint density at radius 2 is 1.14 bits per heavy atom. The van der Waals surface area contributed by atoms with Gasteiger partial charge in [-0.2, -0.15) is 0 Å². The van der Waals surface area contributed by atoms with E-state index in [0.717, 1.165) is 24.3 Å². The minimum absolute atomic E-state index is 0.00620. The van der Waals surface area contributed by atoms with Crippen molar-refractivity contribution in [3.8, 4) is 0 Å². The summed E-state index contributed by atoms with van der Waals surface area (Å²) in [4.78, 5) is 77.3. The predicted molar refractivity (Wildman–Crippen MR) is 283 cm³/mol. The molecule has 0 aromatic heterocycles. The molecular weight excluding hydrogens is 983 g/mol. The van der Waals surface area contributed by atoms with Gasteiger partial charge in [0.05, 0.1) is 37.1 Å². The van der Waals surface area contributed by atoms with Gasteiger partial charge in [0.1, 0.15) is 34.6 Å². The zero-order valence-corrected chi connectivity index (χ0v) is 42.8. The van der Waals surface area contributed by atoms with E-state index in [0.29, 0.717) is 22.6 Å². The summed E-state index contributed by atoms with van der Waals surface area (Å²) in [5, 5.41) is 11.6. The molecular formula is C52H57F4N11O6S. The molecule has 17 nitrogen and oxygen atoms in total. The van der Waals surface area contributed by atoms with Gasteiger partial charge in [0, 0.05) is 70.5 Å². The van der Waals surface area contributed by atoms with Crippen molar-refractivity contribution >= 4 is 86.8 Å². The van der Waals surface area contributed by atoms with E-state index in [1.165, 1.54) is 64.0 Å². The number of carbonyl (C=O) groups excluding carboxylic acids is 6. The van der Waals surface area contributed by atoms with E-state index in [2.05, 4.69) is 36.3 Å². The lowest BCUT2D eigenvalue weighted by molar-refractivity contribution is -0.120. The molecule has 5 amide bonds. The van der Waals surface area contributed by atoms with Gasteiger partial charge in [-0.05, 0) is 137 Å². The lowest BCUT2D eigenvalue weighted by Crippen LogP contribution is -2.44. The van der Waals surface area contributed by atoms with Crippen LogP contribution in [0.5, 0.6) is 0 Å². The molecule has 1 fully saturated rings. The number of nitrogen functional groups attached to an aromatic ring is 2. The molecule has 0 atom stereocenters. The van der Waals surface area contributed by atoms with Crippen molar-refractivity contribution in [2.24, 2.45) is 0 Å². The number of amides is 5. The number of hydrogen-bond acceptors (Lipinski definition) is 10. The van der Waals surface area contributed by atoms with Gasteiger partial charge in [-0.15, -0.1) is 0 Å². The Hall–Kier alpha value is -8.89. The molecule has 0 spiro atoms. The molecule has 1 saturated heterocycles. The summed E-state index contributed by atoms with van der Waals surface area (Å²) in [7, 11) is 5.44. The van der Waals surface area contributed by atoms with Gasteiger partial charge in [0.2, 0.25) is 0 Å². The van der Waals surface area contributed by atoms with Crippen LogP contribution in [0.4, 0.5) is 51.7 Å². The number of thiocarbonyl (C=S) groups is 1. The summed E-state index contributed by atoms with van der Waals surface area (Å²) in [5.74, 6) is -6.57. The molecule has 22 heteroatoms. The van der Waals surface area contributed by atoms with Crippen molar-refractivity contribution in [1.29, 1.82) is 0 Å². The van der Waals surface area contributed by atoms with E-state index in [1.807, 2.05) is 0 Å². The van der Waals surface area contributed by atoms with Crippen LogP contribution in [0.25, 0.3) is 9.69 Å². The average molecular weight is 1050 g/mol. The van der Waals surface area contributed by atoms with E-state index >= 15 is 0 Å². The predicted octanol–water partition coefficient (Wildman–Crippen LogP) is 8.34. The molecule has 390 valence electrons. The van der Waals surface area contributed by atoms with Crippen LogP contribution in [0, 0.1) is 43.3 Å². The van der Waals surface area contributed by atoms with Gasteiger partial charge in [-0.3, -0.25) is 33.7 Å². The number of rotatable bonds is 8. The highest BCUT2D eigenvalue weighted by Gasteiger charge is 2.50. The maximum Gasteiger partial charge on any atom is 0.299 e. The maximum atomic E-state index is 14.8. The summed E-state index contributed by atoms with van der Waals surface area (Å²) < 4.78 is 101. The van der Waals surface area contributed by atoms with E-state index in [9.17, 15) is 46.3 Å². The largest absolute Gasteiger partial charge is 0.399 e. The third kappa shape index (κ3) is 16.3. The quantitative estimate of drug-likeness (QED) is 0.0338. The molecule has 1 aliphatic heterocycles. The molecule has 1 aliphatic rings. The molecule has 0 aliphatic carbocycles. The molecule has 74 heavy (non-hydrogen) atoms. The van der Waals surface area contributed by atoms with Crippen LogP contribution < -0.4 is 47.9 Å². The maximum absolute atomic E-state index is 14.8. The zero-order chi connectivity index (χ0) is 61.6. The monoisotopic (exact) mass is 1050 g/mol. The highest BCUT2D eigenvalue weighted by atomic mass is 32.1. The SMILES string of the molecule is CC(C)=O.CNC(=O)c1ccc(N)cc1F.[2H]c1cc(C(=O)NC)c(F)c([2H])c1N.[2H]c1cc(C(=O)NC)c(F)c([2H])c1N1C(=S)N(c2ccc([N+]#[C-])c(C)c2)C(=O)C1(C)C.[2H]c1cc(C(=O)NC)c(F)c([2H])c1NC(C)(C)[N+]#[C-]. The molecule has 0 bridgehead atoms. The number of halogens is 4. The minimum atomic E-state index is -1.32. The first kappa shape index (κ1) is 51.5. The topological polar surface area (TPSA) is 230 Å². The molecule has 1 heterocycles. The van der Waals surface area contributed by atoms with Crippen LogP contribution in [0.15, 0.2) is 90.9 Å². The number of ketones is 1. The summed E-state index contributed by atoms with van der Waals surface area (Å²) >= 11 is 5.53. The van der Waals surface area contributed by atoms with Crippen LogP contribution in [0.1, 0.15) is 96.8 Å². The molecule has 9 N–H and O–H groups in total. The Morgan fingerprint density at radius 3 is 1.59 bits per heavy atom. The van der Waals surface area contributed by atoms with Crippen LogP contribution in [-0.2, 0) is 9.59 Å². The second kappa shape index (κ2) is 27.1. The number of benzene rings is 5. The first-order valence-electron chi connectivity index (χ1n) is 24.5. The average Bonchev–Trinajstić information content (AvgIpc) is 3.67. The minimum Gasteiger partial charge on any atom is -0.399 e. The summed E-state index contributed by atoms with van der Waals surface area (Å²) in [5.41, 5.74) is 8.28. The molecule has 0 unspecified atom stereocenters. The molecule has 0 radical (unpaired) electrons. The smallest absolute Gasteiger partial charge is 0.299 e. The van der Waals surface area contributed by atoms with Crippen molar-refractivity contribution in [1.82, 2.24) is 21.3 Å². The van der Waals surface area contributed by atoms with Crippen LogP contribution in [-0.4, -0.2) is 79.8 Å². The van der Waals surface area contributed by atoms with E-state index in [1.54, 1.807) is 52.8 Å². The normalized spacial score (nSPS) is 13.0. The highest BCUT2D eigenvalue weighted by Crippen LogP contribution is 2.38. The number of nitrogens with two attached hydrogens (primary N) is 2. The fraction of sp³-hybridized carbons (Fsp3) is 0.250. The zero-order valence-electron chi connectivity index (χ0n) is 48.0. The lowest BCUT2D eigenvalue weighted by atomic mass is 10.0. The fourth-order valence-electron chi connectivity index (χ4n) is 5.84. The second-order valence-electron chi connectivity index (χ2n) is 16.2. The van der Waals surface area contributed by atoms with Gasteiger partial charge >= 0.3 is 0 Å². The second-order valence-corrected chi connectivity index (χ2v) is 16.6. The number of Topliss-reactive ketones (excluding diaryl/α,β-unsaturated/α-hetero) is 1. The summed E-state index contributed by atoms with van der Waals surface area (Å²) in [6, 6.07) is 9.16. The van der Waals surface area contributed by atoms with Gasteiger partial charge in [-0.25, -0.2) is 29.0 Å². The molecule has 5 aromatic carbocycles. The summed E-state index contributed by atoms with van der Waals surface area (Å²) in [6.07, 6.45) is 0. The van der Waals surface area contributed by atoms with Gasteiger partial charge in [0.25, 0.3) is 35.2 Å². The highest BCUT2D eigenvalue weighted by molar-refractivity contribution is 7.81. The third-order valence-electron chi connectivity index (χ3n) is 9.54. The first-order chi connectivity index (χ1) is 37.1. The standard InChI is InChI=1S/C21H19FN4O2S.C12H14FN3O.2C8H9FN2O.C3H6O/c1-12-10-13(7-9-17(12)23-4)25-19(28)21(2,3)26(20(25)29)14-6-8-15(16(22)11-14)18(27)24-5;1-12(2,15-4)16-8-5-6-9(10(13)7-8)11(17)14-3;2*1-11-8(12)6-3-2-5(10)4-7(6)9;1-3(2)4/h6-11H,1-3,5H3,(H,24,27);5-7,16H,1-3H3,(H,14,17);2*2-4H,10H2,1H3,(H,11,12);1-2H3/i6D,11D;5D,7D;2D,4D;;. The van der Waals surface area contributed by atoms with Crippen LogP contribution in [0.2, 0.25) is 0 Å². The van der Waals surface area contributed by atoms with Crippen molar-refractivity contribution < 1.29 is 54.6 Å². The Bertz CT molecular complexity index is 3370. The third-order valence-corrected chi connectivity index (χ3v) is 9.91. The Labute approximate surface area is 440 Å². The number of nitrogens with one attached hydrogen (secondary N) is 5. The van der Waals surface area contributed by atoms with Crippen molar-refractivity contribution in [3.63, 3.8) is 0 Å². The van der Waals surface area contributed by atoms with Gasteiger partial charge < -0.3 is 47.7 Å².